The van der Waals surface area contributed by atoms with Crippen LogP contribution in [-0.4, -0.2) is 31.3 Å². The summed E-state index contributed by atoms with van der Waals surface area (Å²) >= 11 is 0. The van der Waals surface area contributed by atoms with Crippen molar-refractivity contribution >= 4 is 11.7 Å². The minimum atomic E-state index is -0.192. The topological polar surface area (TPSA) is 58.6 Å². The van der Waals surface area contributed by atoms with E-state index >= 15 is 0 Å². The Labute approximate surface area is 95.2 Å². The van der Waals surface area contributed by atoms with Gasteiger partial charge in [-0.15, -0.1) is 0 Å². The number of carbonyl (C=O) groups excluding carboxylic acids is 1. The minimum absolute atomic E-state index is 0.115. The van der Waals surface area contributed by atoms with Crippen molar-refractivity contribution in [2.24, 2.45) is 0 Å². The van der Waals surface area contributed by atoms with E-state index in [-0.39, 0.29) is 12.6 Å². The molecule has 0 radical (unpaired) electrons. The number of ether oxygens (including phenoxy) is 1. The number of hydrogen-bond acceptors (Lipinski definition) is 4. The molecule has 0 amide bonds. The van der Waals surface area contributed by atoms with Crippen LogP contribution in [0.3, 0.4) is 0 Å². The average molecular weight is 223 g/mol. The van der Waals surface area contributed by atoms with Crippen LogP contribution in [0.4, 0.5) is 5.69 Å². The highest BCUT2D eigenvalue weighted by molar-refractivity contribution is 5.69. The van der Waals surface area contributed by atoms with Crippen molar-refractivity contribution in [1.29, 1.82) is 0 Å². The number of benzene rings is 1. The fourth-order valence-corrected chi connectivity index (χ4v) is 1.34. The molecule has 2 N–H and O–H groups in total. The standard InChI is InChI=1S/C12H17NO3/c1-16-12(15)7-4-10-2-5-11(6-3-10)13-8-9-14/h2-3,5-6,13-14H,4,7-9H2,1H3. The number of anilines is 1. The molecule has 0 saturated heterocycles. The van der Waals surface area contributed by atoms with E-state index in [9.17, 15) is 4.79 Å². The third-order valence-corrected chi connectivity index (χ3v) is 2.24. The predicted octanol–water partition coefficient (Wildman–Crippen LogP) is 1.20. The summed E-state index contributed by atoms with van der Waals surface area (Å²) in [6, 6.07) is 7.79. The first-order valence-corrected chi connectivity index (χ1v) is 5.26. The number of nitrogens with one attached hydrogen (secondary N) is 1. The van der Waals surface area contributed by atoms with Crippen molar-refractivity contribution in [2.45, 2.75) is 12.8 Å². The molecular weight excluding hydrogens is 206 g/mol. The van der Waals surface area contributed by atoms with E-state index < -0.39 is 0 Å². The second kappa shape index (κ2) is 6.85. The van der Waals surface area contributed by atoms with Crippen LogP contribution in [0, 0.1) is 0 Å². The zero-order chi connectivity index (χ0) is 11.8. The average Bonchev–Trinajstić information content (AvgIpc) is 2.34. The second-order valence-corrected chi connectivity index (χ2v) is 3.42. The van der Waals surface area contributed by atoms with E-state index in [4.69, 9.17) is 5.11 Å². The molecule has 16 heavy (non-hydrogen) atoms. The number of aliphatic hydroxyl groups is 1. The highest BCUT2D eigenvalue weighted by Crippen LogP contribution is 2.10. The summed E-state index contributed by atoms with van der Waals surface area (Å²) in [6.45, 7) is 0.658. The molecule has 0 saturated carbocycles. The lowest BCUT2D eigenvalue weighted by Crippen LogP contribution is -2.05. The van der Waals surface area contributed by atoms with Crippen LogP contribution in [0.25, 0.3) is 0 Å². The predicted molar refractivity (Wildman–Crippen MR) is 62.4 cm³/mol. The Hall–Kier alpha value is -1.55. The molecule has 0 fully saturated rings. The Morgan fingerprint density at radius 1 is 1.38 bits per heavy atom. The second-order valence-electron chi connectivity index (χ2n) is 3.42. The molecule has 0 unspecified atom stereocenters. The zero-order valence-electron chi connectivity index (χ0n) is 9.40. The normalized spacial score (nSPS) is 9.88. The molecule has 1 aromatic rings. The highest BCUT2D eigenvalue weighted by Gasteiger charge is 2.01. The quantitative estimate of drug-likeness (QED) is 0.711. The van der Waals surface area contributed by atoms with Crippen molar-refractivity contribution in [1.82, 2.24) is 0 Å². The van der Waals surface area contributed by atoms with Crippen molar-refractivity contribution in [2.75, 3.05) is 25.6 Å². The van der Waals surface area contributed by atoms with Gasteiger partial charge in [0.15, 0.2) is 0 Å². The van der Waals surface area contributed by atoms with Gasteiger partial charge in [-0.25, -0.2) is 0 Å². The Balaban J connectivity index is 2.41. The van der Waals surface area contributed by atoms with Gasteiger partial charge in [0.25, 0.3) is 0 Å². The molecule has 0 heterocycles. The molecule has 4 heteroatoms. The van der Waals surface area contributed by atoms with Gasteiger partial charge in [0.2, 0.25) is 0 Å². The Morgan fingerprint density at radius 2 is 2.06 bits per heavy atom. The van der Waals surface area contributed by atoms with Crippen LogP contribution in [0.5, 0.6) is 0 Å². The van der Waals surface area contributed by atoms with Gasteiger partial charge < -0.3 is 15.2 Å². The van der Waals surface area contributed by atoms with Gasteiger partial charge >= 0.3 is 5.97 Å². The monoisotopic (exact) mass is 223 g/mol. The molecule has 88 valence electrons. The van der Waals surface area contributed by atoms with Gasteiger partial charge in [-0.1, -0.05) is 12.1 Å². The van der Waals surface area contributed by atoms with Crippen molar-refractivity contribution in [3.63, 3.8) is 0 Å². The maximum absolute atomic E-state index is 10.9. The fraction of sp³-hybridized carbons (Fsp3) is 0.417. The van der Waals surface area contributed by atoms with Crippen molar-refractivity contribution < 1.29 is 14.6 Å². The van der Waals surface area contributed by atoms with Crippen LogP contribution in [0.2, 0.25) is 0 Å². The fourth-order valence-electron chi connectivity index (χ4n) is 1.34. The van der Waals surface area contributed by atoms with Crippen LogP contribution < -0.4 is 5.32 Å². The molecule has 4 nitrogen and oxygen atoms in total. The largest absolute Gasteiger partial charge is 0.469 e. The molecule has 0 aliphatic rings. The molecule has 0 aliphatic heterocycles. The van der Waals surface area contributed by atoms with E-state index in [1.54, 1.807) is 0 Å². The highest BCUT2D eigenvalue weighted by atomic mass is 16.5. The molecule has 0 bridgehead atoms. The van der Waals surface area contributed by atoms with E-state index in [1.807, 2.05) is 24.3 Å². The van der Waals surface area contributed by atoms with Crippen LogP contribution in [-0.2, 0) is 16.0 Å². The molecular formula is C12H17NO3. The number of aryl methyl sites for hydroxylation is 1. The number of hydrogen-bond donors (Lipinski definition) is 2. The first-order chi connectivity index (χ1) is 7.76. The maximum atomic E-state index is 10.9. The molecule has 0 spiro atoms. The lowest BCUT2D eigenvalue weighted by molar-refractivity contribution is -0.140. The first-order valence-electron chi connectivity index (χ1n) is 5.26. The number of aliphatic hydroxyl groups excluding tert-OH is 1. The molecule has 1 aromatic carbocycles. The summed E-state index contributed by atoms with van der Waals surface area (Å²) in [5.41, 5.74) is 2.07. The summed E-state index contributed by atoms with van der Waals surface area (Å²) in [6.07, 6.45) is 1.09. The Bertz CT molecular complexity index is 322. The minimum Gasteiger partial charge on any atom is -0.469 e. The van der Waals surface area contributed by atoms with E-state index in [0.29, 0.717) is 19.4 Å². The lowest BCUT2D eigenvalue weighted by Gasteiger charge is -2.05. The molecule has 0 atom stereocenters. The summed E-state index contributed by atoms with van der Waals surface area (Å²) in [7, 11) is 1.39. The van der Waals surface area contributed by atoms with Gasteiger partial charge in [0.1, 0.15) is 0 Å². The number of methoxy groups -OCH3 is 1. The van der Waals surface area contributed by atoms with E-state index in [2.05, 4.69) is 10.1 Å². The molecule has 0 aromatic heterocycles. The maximum Gasteiger partial charge on any atom is 0.305 e. The van der Waals surface area contributed by atoms with Crippen LogP contribution >= 0.6 is 0 Å². The van der Waals surface area contributed by atoms with E-state index in [0.717, 1.165) is 11.3 Å². The third-order valence-electron chi connectivity index (χ3n) is 2.24. The molecule has 1 rings (SSSR count). The Morgan fingerprint density at radius 3 is 2.62 bits per heavy atom. The smallest absolute Gasteiger partial charge is 0.305 e. The van der Waals surface area contributed by atoms with E-state index in [1.165, 1.54) is 7.11 Å². The zero-order valence-corrected chi connectivity index (χ0v) is 9.40. The van der Waals surface area contributed by atoms with Gasteiger partial charge in [0, 0.05) is 18.7 Å². The third kappa shape index (κ3) is 4.31. The molecule has 0 aliphatic carbocycles. The Kier molecular flexibility index (Phi) is 5.36. The summed E-state index contributed by atoms with van der Waals surface area (Å²) < 4.78 is 4.57. The van der Waals surface area contributed by atoms with Crippen LogP contribution in [0.15, 0.2) is 24.3 Å². The van der Waals surface area contributed by atoms with Gasteiger partial charge in [-0.3, -0.25) is 4.79 Å². The number of rotatable bonds is 6. The summed E-state index contributed by atoms with van der Waals surface area (Å²) in [5.74, 6) is -0.192. The van der Waals surface area contributed by atoms with Crippen LogP contribution in [0.1, 0.15) is 12.0 Å². The van der Waals surface area contributed by atoms with Crippen molar-refractivity contribution in [3.8, 4) is 0 Å². The number of carbonyl (C=O) groups is 1. The van der Waals surface area contributed by atoms with Gasteiger partial charge in [0.05, 0.1) is 13.7 Å². The van der Waals surface area contributed by atoms with Gasteiger partial charge in [-0.05, 0) is 24.1 Å². The number of esters is 1. The van der Waals surface area contributed by atoms with Gasteiger partial charge in [-0.2, -0.15) is 0 Å². The van der Waals surface area contributed by atoms with Crippen molar-refractivity contribution in [3.05, 3.63) is 29.8 Å². The summed E-state index contributed by atoms with van der Waals surface area (Å²) in [4.78, 5) is 10.9. The first kappa shape index (κ1) is 12.5. The lowest BCUT2D eigenvalue weighted by atomic mass is 10.1. The SMILES string of the molecule is COC(=O)CCc1ccc(NCCO)cc1. The summed E-state index contributed by atoms with van der Waals surface area (Å²) in [5, 5.41) is 11.7.